The number of ether oxygens (including phenoxy) is 1. The molecule has 3 nitrogen and oxygen atoms in total. The third-order valence-electron chi connectivity index (χ3n) is 2.69. The van der Waals surface area contributed by atoms with Crippen LogP contribution in [0.3, 0.4) is 0 Å². The fourth-order valence-corrected chi connectivity index (χ4v) is 1.76. The van der Waals surface area contributed by atoms with Crippen molar-refractivity contribution in [2.45, 2.75) is 0 Å². The molecule has 0 aliphatic carbocycles. The Hall–Kier alpha value is -2.42. The van der Waals surface area contributed by atoms with Gasteiger partial charge in [0.1, 0.15) is 0 Å². The largest absolute Gasteiger partial charge is 0.465 e. The summed E-state index contributed by atoms with van der Waals surface area (Å²) in [7, 11) is 1.30. The molecule has 2 aromatic carbocycles. The van der Waals surface area contributed by atoms with Crippen LogP contribution < -0.4 is 0 Å². The first-order valence-electron chi connectivity index (χ1n) is 5.49. The Morgan fingerprint density at radius 3 is 2.39 bits per heavy atom. The summed E-state index contributed by atoms with van der Waals surface area (Å²) in [6, 6.07) is 14.7. The molecule has 0 aliphatic heterocycles. The molecule has 0 atom stereocenters. The molecule has 0 amide bonds. The van der Waals surface area contributed by atoms with Crippen LogP contribution in [0.1, 0.15) is 20.7 Å². The first kappa shape index (κ1) is 12.0. The predicted octanol–water partition coefficient (Wildman–Crippen LogP) is 2.95. The van der Waals surface area contributed by atoms with Crippen molar-refractivity contribution >= 4 is 12.3 Å². The number of hydrogen-bond acceptors (Lipinski definition) is 3. The molecule has 0 unspecified atom stereocenters. The van der Waals surface area contributed by atoms with E-state index in [2.05, 4.69) is 4.74 Å². The van der Waals surface area contributed by atoms with Crippen molar-refractivity contribution in [1.82, 2.24) is 0 Å². The summed E-state index contributed by atoms with van der Waals surface area (Å²) in [5.74, 6) is -0.505. The number of methoxy groups -OCH3 is 1. The van der Waals surface area contributed by atoms with E-state index < -0.39 is 5.97 Å². The lowest BCUT2D eigenvalue weighted by Gasteiger charge is -2.06. The van der Waals surface area contributed by atoms with Gasteiger partial charge in [-0.2, -0.15) is 0 Å². The zero-order chi connectivity index (χ0) is 13.0. The van der Waals surface area contributed by atoms with Gasteiger partial charge in [-0.05, 0) is 17.2 Å². The Kier molecular flexibility index (Phi) is 3.53. The van der Waals surface area contributed by atoms with E-state index in [0.717, 1.165) is 11.1 Å². The van der Waals surface area contributed by atoms with Crippen LogP contribution in [0, 0.1) is 0 Å². The summed E-state index contributed by atoms with van der Waals surface area (Å²) in [4.78, 5) is 22.5. The zero-order valence-corrected chi connectivity index (χ0v) is 9.92. The van der Waals surface area contributed by atoms with Gasteiger partial charge in [0.15, 0.2) is 6.29 Å². The Morgan fingerprint density at radius 1 is 1.06 bits per heavy atom. The van der Waals surface area contributed by atoms with E-state index in [1.807, 2.05) is 36.4 Å². The Bertz CT molecular complexity index is 574. The van der Waals surface area contributed by atoms with Crippen molar-refractivity contribution in [2.75, 3.05) is 7.11 Å². The number of esters is 1. The van der Waals surface area contributed by atoms with Gasteiger partial charge in [0, 0.05) is 5.56 Å². The van der Waals surface area contributed by atoms with E-state index >= 15 is 0 Å². The van der Waals surface area contributed by atoms with Gasteiger partial charge in [0.05, 0.1) is 12.7 Å². The summed E-state index contributed by atoms with van der Waals surface area (Å²) in [6.45, 7) is 0. The highest BCUT2D eigenvalue weighted by atomic mass is 16.5. The maximum Gasteiger partial charge on any atom is 0.338 e. The summed E-state index contributed by atoms with van der Waals surface area (Å²) < 4.78 is 4.67. The van der Waals surface area contributed by atoms with Gasteiger partial charge in [0.25, 0.3) is 0 Å². The minimum absolute atomic E-state index is 0.286. The third kappa shape index (κ3) is 2.30. The normalized spacial score (nSPS) is 9.83. The first-order chi connectivity index (χ1) is 8.76. The molecule has 2 aromatic rings. The molecular weight excluding hydrogens is 228 g/mol. The quantitative estimate of drug-likeness (QED) is 0.612. The minimum Gasteiger partial charge on any atom is -0.465 e. The fourth-order valence-electron chi connectivity index (χ4n) is 1.76. The van der Waals surface area contributed by atoms with Gasteiger partial charge in [-0.3, -0.25) is 4.79 Å². The molecule has 18 heavy (non-hydrogen) atoms. The molecule has 3 heteroatoms. The lowest BCUT2D eigenvalue weighted by Crippen LogP contribution is -2.05. The molecule has 0 spiro atoms. The van der Waals surface area contributed by atoms with Gasteiger partial charge in [-0.1, -0.05) is 42.5 Å². The van der Waals surface area contributed by atoms with Crippen LogP contribution in [-0.4, -0.2) is 19.4 Å². The van der Waals surface area contributed by atoms with Gasteiger partial charge in [-0.25, -0.2) is 4.79 Å². The average Bonchev–Trinajstić information content (AvgIpc) is 2.46. The topological polar surface area (TPSA) is 43.4 Å². The van der Waals surface area contributed by atoms with Crippen molar-refractivity contribution in [1.29, 1.82) is 0 Å². The van der Waals surface area contributed by atoms with E-state index in [1.54, 1.807) is 12.1 Å². The highest BCUT2D eigenvalue weighted by Crippen LogP contribution is 2.22. The SMILES string of the molecule is COC(=O)c1cc(-c2ccccc2)ccc1C=O. The van der Waals surface area contributed by atoms with E-state index in [-0.39, 0.29) is 5.56 Å². The van der Waals surface area contributed by atoms with Gasteiger partial charge < -0.3 is 4.74 Å². The standard InChI is InChI=1S/C15H12O3/c1-18-15(17)14-9-12(7-8-13(14)10-16)11-5-3-2-4-6-11/h2-10H,1H3. The second-order valence-electron chi connectivity index (χ2n) is 3.78. The Balaban J connectivity index is 2.53. The molecule has 0 saturated carbocycles. The smallest absolute Gasteiger partial charge is 0.338 e. The van der Waals surface area contributed by atoms with Crippen LogP contribution in [0.4, 0.5) is 0 Å². The van der Waals surface area contributed by atoms with Crippen molar-refractivity contribution in [3.05, 3.63) is 59.7 Å². The third-order valence-corrected chi connectivity index (χ3v) is 2.69. The van der Waals surface area contributed by atoms with Crippen LogP contribution in [-0.2, 0) is 4.74 Å². The van der Waals surface area contributed by atoms with Crippen LogP contribution in [0.15, 0.2) is 48.5 Å². The summed E-state index contributed by atoms with van der Waals surface area (Å²) >= 11 is 0. The van der Waals surface area contributed by atoms with Crippen molar-refractivity contribution in [2.24, 2.45) is 0 Å². The maximum absolute atomic E-state index is 11.6. The monoisotopic (exact) mass is 240 g/mol. The molecule has 0 saturated heterocycles. The van der Waals surface area contributed by atoms with Gasteiger partial charge in [0.2, 0.25) is 0 Å². The Morgan fingerprint density at radius 2 is 1.78 bits per heavy atom. The van der Waals surface area contributed by atoms with Gasteiger partial charge >= 0.3 is 5.97 Å². The second kappa shape index (κ2) is 5.27. The molecule has 0 bridgehead atoms. The summed E-state index contributed by atoms with van der Waals surface area (Å²) in [6.07, 6.45) is 0.654. The number of carbonyl (C=O) groups excluding carboxylic acids is 2. The van der Waals surface area contributed by atoms with Crippen molar-refractivity contribution in [3.63, 3.8) is 0 Å². The fraction of sp³-hybridized carbons (Fsp3) is 0.0667. The predicted molar refractivity (Wildman–Crippen MR) is 68.6 cm³/mol. The molecule has 90 valence electrons. The molecule has 0 N–H and O–H groups in total. The highest BCUT2D eigenvalue weighted by Gasteiger charge is 2.12. The number of benzene rings is 2. The summed E-state index contributed by atoms with van der Waals surface area (Å²) in [5.41, 5.74) is 2.48. The van der Waals surface area contributed by atoms with Crippen LogP contribution in [0.5, 0.6) is 0 Å². The lowest BCUT2D eigenvalue weighted by atomic mass is 10.00. The minimum atomic E-state index is -0.505. The molecule has 0 aromatic heterocycles. The molecule has 0 radical (unpaired) electrons. The van der Waals surface area contributed by atoms with Crippen LogP contribution in [0.2, 0.25) is 0 Å². The van der Waals surface area contributed by atoms with Crippen molar-refractivity contribution in [3.8, 4) is 11.1 Å². The number of aldehydes is 1. The number of hydrogen-bond donors (Lipinski definition) is 0. The van der Waals surface area contributed by atoms with Crippen molar-refractivity contribution < 1.29 is 14.3 Å². The molecule has 2 rings (SSSR count). The van der Waals surface area contributed by atoms with Crippen LogP contribution in [0.25, 0.3) is 11.1 Å². The first-order valence-corrected chi connectivity index (χ1v) is 5.49. The molecule has 0 heterocycles. The second-order valence-corrected chi connectivity index (χ2v) is 3.78. The highest BCUT2D eigenvalue weighted by molar-refractivity contribution is 5.99. The Labute approximate surface area is 105 Å². The lowest BCUT2D eigenvalue weighted by molar-refractivity contribution is 0.0598. The van der Waals surface area contributed by atoms with E-state index in [0.29, 0.717) is 11.8 Å². The zero-order valence-electron chi connectivity index (χ0n) is 9.92. The van der Waals surface area contributed by atoms with Gasteiger partial charge in [-0.15, -0.1) is 0 Å². The molecule has 0 aliphatic rings. The van der Waals surface area contributed by atoms with Crippen LogP contribution >= 0.6 is 0 Å². The number of carbonyl (C=O) groups is 2. The number of rotatable bonds is 3. The summed E-state index contributed by atoms with van der Waals surface area (Å²) in [5, 5.41) is 0. The molecular formula is C15H12O3. The van der Waals surface area contributed by atoms with E-state index in [9.17, 15) is 9.59 Å². The van der Waals surface area contributed by atoms with E-state index in [4.69, 9.17) is 0 Å². The maximum atomic E-state index is 11.6. The van der Waals surface area contributed by atoms with E-state index in [1.165, 1.54) is 7.11 Å². The molecule has 0 fully saturated rings. The average molecular weight is 240 g/mol.